The first-order valence-corrected chi connectivity index (χ1v) is 8.66. The number of amides is 1. The fourth-order valence-electron chi connectivity index (χ4n) is 2.84. The standard InChI is InChI=1S/C19H26N4O2/c1-15-13-20-23(14-15)17-7-5-16(6-8-17)21-9-11-22(12-10-21)18(24)25-19(2,3)4/h5-8,13-14H,9-12H2,1-4H3. The van der Waals surface area contributed by atoms with Crippen molar-refractivity contribution >= 4 is 11.8 Å². The topological polar surface area (TPSA) is 50.6 Å². The molecule has 1 saturated heterocycles. The molecule has 6 heteroatoms. The highest BCUT2D eigenvalue weighted by Crippen LogP contribution is 2.20. The summed E-state index contributed by atoms with van der Waals surface area (Å²) in [6.45, 7) is 10.7. The lowest BCUT2D eigenvalue weighted by Gasteiger charge is -2.36. The Bertz CT molecular complexity index is 723. The summed E-state index contributed by atoms with van der Waals surface area (Å²) in [6.07, 6.45) is 3.63. The Morgan fingerprint density at radius 2 is 1.64 bits per heavy atom. The zero-order chi connectivity index (χ0) is 18.0. The van der Waals surface area contributed by atoms with Crippen molar-refractivity contribution in [3.8, 4) is 5.69 Å². The number of nitrogens with zero attached hydrogens (tertiary/aromatic N) is 4. The van der Waals surface area contributed by atoms with Gasteiger partial charge >= 0.3 is 6.09 Å². The SMILES string of the molecule is Cc1cnn(-c2ccc(N3CCN(C(=O)OC(C)(C)C)CC3)cc2)c1. The van der Waals surface area contributed by atoms with E-state index in [0.29, 0.717) is 13.1 Å². The third-order valence-corrected chi connectivity index (χ3v) is 4.12. The number of aryl methyl sites for hydroxylation is 1. The van der Waals surface area contributed by atoms with Gasteiger partial charge in [-0.1, -0.05) is 0 Å². The van der Waals surface area contributed by atoms with Gasteiger partial charge in [0.1, 0.15) is 5.60 Å². The molecule has 0 bridgehead atoms. The Morgan fingerprint density at radius 3 is 2.16 bits per heavy atom. The molecule has 3 rings (SSSR count). The highest BCUT2D eigenvalue weighted by molar-refractivity contribution is 5.68. The van der Waals surface area contributed by atoms with Crippen molar-refractivity contribution < 1.29 is 9.53 Å². The van der Waals surface area contributed by atoms with Crippen LogP contribution in [0.25, 0.3) is 5.69 Å². The Hall–Kier alpha value is -2.50. The molecule has 134 valence electrons. The lowest BCUT2D eigenvalue weighted by atomic mass is 10.2. The largest absolute Gasteiger partial charge is 0.444 e. The molecule has 1 aliphatic heterocycles. The molecular formula is C19H26N4O2. The van der Waals surface area contributed by atoms with Gasteiger partial charge in [-0.25, -0.2) is 9.48 Å². The maximum Gasteiger partial charge on any atom is 0.410 e. The van der Waals surface area contributed by atoms with Crippen LogP contribution in [0.1, 0.15) is 26.3 Å². The lowest BCUT2D eigenvalue weighted by Crippen LogP contribution is -2.50. The van der Waals surface area contributed by atoms with Crippen LogP contribution in [0.2, 0.25) is 0 Å². The van der Waals surface area contributed by atoms with E-state index in [-0.39, 0.29) is 6.09 Å². The van der Waals surface area contributed by atoms with Crippen LogP contribution < -0.4 is 4.90 Å². The van der Waals surface area contributed by atoms with Crippen LogP contribution >= 0.6 is 0 Å². The summed E-state index contributed by atoms with van der Waals surface area (Å²) in [7, 11) is 0. The number of carbonyl (C=O) groups is 1. The molecule has 0 spiro atoms. The second-order valence-electron chi connectivity index (χ2n) is 7.43. The molecule has 25 heavy (non-hydrogen) atoms. The summed E-state index contributed by atoms with van der Waals surface area (Å²) in [5.74, 6) is 0. The fraction of sp³-hybridized carbons (Fsp3) is 0.474. The van der Waals surface area contributed by atoms with Crippen LogP contribution in [0.4, 0.5) is 10.5 Å². The Kier molecular flexibility index (Phi) is 4.70. The molecule has 1 aromatic carbocycles. The normalized spacial score (nSPS) is 15.4. The van der Waals surface area contributed by atoms with Crippen molar-refractivity contribution in [2.75, 3.05) is 31.1 Å². The molecule has 0 aliphatic carbocycles. The molecule has 2 heterocycles. The third-order valence-electron chi connectivity index (χ3n) is 4.12. The first-order chi connectivity index (χ1) is 11.8. The third kappa shape index (κ3) is 4.32. The molecule has 1 aromatic heterocycles. The number of aromatic nitrogens is 2. The van der Waals surface area contributed by atoms with Gasteiger partial charge in [0, 0.05) is 38.1 Å². The van der Waals surface area contributed by atoms with Crippen molar-refractivity contribution in [2.24, 2.45) is 0 Å². The summed E-state index contributed by atoms with van der Waals surface area (Å²) in [5.41, 5.74) is 2.90. The predicted octanol–water partition coefficient (Wildman–Crippen LogP) is 3.24. The first kappa shape index (κ1) is 17.3. The molecule has 0 unspecified atom stereocenters. The average Bonchev–Trinajstić information content (AvgIpc) is 3.00. The van der Waals surface area contributed by atoms with E-state index in [2.05, 4.69) is 34.3 Å². The maximum atomic E-state index is 12.1. The van der Waals surface area contributed by atoms with Gasteiger partial charge in [-0.3, -0.25) is 0 Å². The lowest BCUT2D eigenvalue weighted by molar-refractivity contribution is 0.0240. The zero-order valence-electron chi connectivity index (χ0n) is 15.4. The van der Waals surface area contributed by atoms with E-state index in [1.54, 1.807) is 4.90 Å². The first-order valence-electron chi connectivity index (χ1n) is 8.66. The van der Waals surface area contributed by atoms with E-state index in [4.69, 9.17) is 4.74 Å². The molecule has 1 amide bonds. The van der Waals surface area contributed by atoms with E-state index < -0.39 is 5.60 Å². The maximum absolute atomic E-state index is 12.1. The second kappa shape index (κ2) is 6.78. The van der Waals surface area contributed by atoms with Crippen molar-refractivity contribution in [2.45, 2.75) is 33.3 Å². The van der Waals surface area contributed by atoms with Crippen molar-refractivity contribution in [3.63, 3.8) is 0 Å². The monoisotopic (exact) mass is 342 g/mol. The molecule has 0 atom stereocenters. The van der Waals surface area contributed by atoms with E-state index in [9.17, 15) is 4.79 Å². The Morgan fingerprint density at radius 1 is 1.04 bits per heavy atom. The highest BCUT2D eigenvalue weighted by atomic mass is 16.6. The van der Waals surface area contributed by atoms with Gasteiger partial charge in [-0.2, -0.15) is 5.10 Å². The molecule has 6 nitrogen and oxygen atoms in total. The molecule has 1 fully saturated rings. The smallest absolute Gasteiger partial charge is 0.410 e. The number of hydrogen-bond donors (Lipinski definition) is 0. The van der Waals surface area contributed by atoms with Gasteiger partial charge in [0.2, 0.25) is 0 Å². The number of hydrogen-bond acceptors (Lipinski definition) is 4. The van der Waals surface area contributed by atoms with Crippen LogP contribution in [-0.2, 0) is 4.74 Å². The number of benzene rings is 1. The Balaban J connectivity index is 1.59. The molecule has 2 aromatic rings. The molecule has 0 N–H and O–H groups in total. The van der Waals surface area contributed by atoms with Crippen LogP contribution in [0.3, 0.4) is 0 Å². The minimum atomic E-state index is -0.450. The number of ether oxygens (including phenoxy) is 1. The van der Waals surface area contributed by atoms with Gasteiger partial charge in [0.15, 0.2) is 0 Å². The van der Waals surface area contributed by atoms with Crippen LogP contribution in [0.15, 0.2) is 36.7 Å². The van der Waals surface area contributed by atoms with Crippen molar-refractivity contribution in [1.82, 2.24) is 14.7 Å². The second-order valence-corrected chi connectivity index (χ2v) is 7.43. The van der Waals surface area contributed by atoms with E-state index in [1.807, 2.05) is 44.8 Å². The van der Waals surface area contributed by atoms with Gasteiger partial charge in [-0.15, -0.1) is 0 Å². The van der Waals surface area contributed by atoms with Crippen molar-refractivity contribution in [1.29, 1.82) is 0 Å². The average molecular weight is 342 g/mol. The van der Waals surface area contributed by atoms with Crippen molar-refractivity contribution in [3.05, 3.63) is 42.2 Å². The quantitative estimate of drug-likeness (QED) is 0.841. The fourth-order valence-corrected chi connectivity index (χ4v) is 2.84. The summed E-state index contributed by atoms with van der Waals surface area (Å²) in [5, 5.41) is 4.33. The predicted molar refractivity (Wildman–Crippen MR) is 98.3 cm³/mol. The number of piperazine rings is 1. The van der Waals surface area contributed by atoms with E-state index in [1.165, 1.54) is 0 Å². The molecular weight excluding hydrogens is 316 g/mol. The van der Waals surface area contributed by atoms with Gasteiger partial charge < -0.3 is 14.5 Å². The Labute approximate surface area is 149 Å². The summed E-state index contributed by atoms with van der Waals surface area (Å²) >= 11 is 0. The summed E-state index contributed by atoms with van der Waals surface area (Å²) < 4.78 is 7.32. The molecule has 1 aliphatic rings. The van der Waals surface area contributed by atoms with Gasteiger partial charge in [-0.05, 0) is 57.5 Å². The van der Waals surface area contributed by atoms with Crippen LogP contribution in [0.5, 0.6) is 0 Å². The van der Waals surface area contributed by atoms with Gasteiger partial charge in [0.25, 0.3) is 0 Å². The number of anilines is 1. The summed E-state index contributed by atoms with van der Waals surface area (Å²) in [6, 6.07) is 8.36. The van der Waals surface area contributed by atoms with Crippen LogP contribution in [-0.4, -0.2) is 52.6 Å². The molecule has 0 saturated carbocycles. The van der Waals surface area contributed by atoms with Gasteiger partial charge in [0.05, 0.1) is 11.9 Å². The van der Waals surface area contributed by atoms with Crippen LogP contribution in [0, 0.1) is 6.92 Å². The minimum Gasteiger partial charge on any atom is -0.444 e. The highest BCUT2D eigenvalue weighted by Gasteiger charge is 2.25. The van der Waals surface area contributed by atoms with E-state index >= 15 is 0 Å². The number of carbonyl (C=O) groups excluding carboxylic acids is 1. The minimum absolute atomic E-state index is 0.225. The number of rotatable bonds is 2. The summed E-state index contributed by atoms with van der Waals surface area (Å²) in [4.78, 5) is 16.2. The molecule has 0 radical (unpaired) electrons. The zero-order valence-corrected chi connectivity index (χ0v) is 15.4. The van der Waals surface area contributed by atoms with E-state index in [0.717, 1.165) is 30.0 Å².